The molecule has 3 aromatic heterocycles. The van der Waals surface area contributed by atoms with Crippen LogP contribution in [-0.4, -0.2) is 61.9 Å². The van der Waals surface area contributed by atoms with Crippen LogP contribution in [0.25, 0.3) is 10.9 Å². The Morgan fingerprint density at radius 1 is 1.15 bits per heavy atom. The third kappa shape index (κ3) is 3.14. The normalized spacial score (nSPS) is 14.7. The molecule has 1 aliphatic heterocycles. The van der Waals surface area contributed by atoms with E-state index in [1.165, 1.54) is 0 Å². The molecule has 140 valence electrons. The molecule has 0 aromatic carbocycles. The largest absolute Gasteiger partial charge is 0.360 e. The number of carbonyl (C=O) groups excluding carboxylic acids is 1. The quantitative estimate of drug-likeness (QED) is 0.641. The molecule has 0 saturated carbocycles. The number of piperazine rings is 1. The zero-order valence-electron chi connectivity index (χ0n) is 15.1. The molecule has 0 N–H and O–H groups in total. The van der Waals surface area contributed by atoms with Crippen molar-refractivity contribution < 1.29 is 9.32 Å². The van der Waals surface area contributed by atoms with Crippen LogP contribution in [0.2, 0.25) is 0 Å². The Kier molecular flexibility index (Phi) is 4.30. The second-order valence-electron chi connectivity index (χ2n) is 6.43. The molecule has 1 fully saturated rings. The number of amides is 1. The van der Waals surface area contributed by atoms with Crippen LogP contribution >= 0.6 is 0 Å². The zero-order valence-corrected chi connectivity index (χ0v) is 15.1. The van der Waals surface area contributed by atoms with E-state index >= 15 is 0 Å². The highest BCUT2D eigenvalue weighted by Gasteiger charge is 2.24. The highest BCUT2D eigenvalue weighted by atomic mass is 16.5. The number of hydrogen-bond acceptors (Lipinski definition) is 8. The molecule has 0 bridgehead atoms. The molecule has 10 heteroatoms. The standard InChI is InChI=1S/C17H19N7O3/c1-11-14-12(2)27-21-15(14)16(26)24(20-11)10-13(25)22-6-8-23(9-7-22)17-18-4-3-5-19-17/h3-5H,6-10H2,1-2H3. The third-order valence-electron chi connectivity index (χ3n) is 4.68. The number of hydrogen-bond donors (Lipinski definition) is 0. The van der Waals surface area contributed by atoms with Crippen molar-refractivity contribution in [3.05, 3.63) is 40.3 Å². The van der Waals surface area contributed by atoms with Gasteiger partial charge in [-0.1, -0.05) is 5.16 Å². The van der Waals surface area contributed by atoms with E-state index in [0.717, 1.165) is 4.68 Å². The first-order chi connectivity index (χ1) is 13.0. The van der Waals surface area contributed by atoms with E-state index in [9.17, 15) is 9.59 Å². The summed E-state index contributed by atoms with van der Waals surface area (Å²) >= 11 is 0. The molecule has 0 atom stereocenters. The van der Waals surface area contributed by atoms with Crippen molar-refractivity contribution in [3.8, 4) is 0 Å². The Hall–Kier alpha value is -3.30. The van der Waals surface area contributed by atoms with Crippen molar-refractivity contribution in [1.29, 1.82) is 0 Å². The molecule has 0 spiro atoms. The molecule has 4 heterocycles. The van der Waals surface area contributed by atoms with Gasteiger partial charge in [0.05, 0.1) is 11.1 Å². The van der Waals surface area contributed by atoms with Crippen LogP contribution < -0.4 is 10.5 Å². The summed E-state index contributed by atoms with van der Waals surface area (Å²) in [5.41, 5.74) is 0.401. The van der Waals surface area contributed by atoms with Gasteiger partial charge < -0.3 is 14.3 Å². The lowest BCUT2D eigenvalue weighted by molar-refractivity contribution is -0.132. The molecule has 3 aromatic rings. The van der Waals surface area contributed by atoms with Gasteiger partial charge in [0, 0.05) is 38.6 Å². The lowest BCUT2D eigenvalue weighted by Gasteiger charge is -2.34. The second kappa shape index (κ2) is 6.78. The van der Waals surface area contributed by atoms with Gasteiger partial charge in [-0.15, -0.1) is 0 Å². The fourth-order valence-corrected chi connectivity index (χ4v) is 3.29. The predicted octanol–water partition coefficient (Wildman–Crippen LogP) is 0.140. The van der Waals surface area contributed by atoms with Gasteiger partial charge in [0.2, 0.25) is 11.9 Å². The molecular formula is C17H19N7O3. The number of rotatable bonds is 3. The Labute approximate surface area is 154 Å². The van der Waals surface area contributed by atoms with E-state index in [2.05, 4.69) is 20.2 Å². The van der Waals surface area contributed by atoms with E-state index in [1.54, 1.807) is 37.2 Å². The van der Waals surface area contributed by atoms with Crippen LogP contribution in [0.5, 0.6) is 0 Å². The number of carbonyl (C=O) groups is 1. The number of aromatic nitrogens is 5. The minimum atomic E-state index is -0.419. The van der Waals surface area contributed by atoms with E-state index < -0.39 is 5.56 Å². The van der Waals surface area contributed by atoms with Gasteiger partial charge in [0.15, 0.2) is 5.52 Å². The number of fused-ring (bicyclic) bond motifs is 1. The monoisotopic (exact) mass is 369 g/mol. The van der Waals surface area contributed by atoms with Crippen LogP contribution in [0.3, 0.4) is 0 Å². The SMILES string of the molecule is Cc1nn(CC(=O)N2CCN(c3ncccn3)CC2)c(=O)c2noc(C)c12. The molecule has 0 unspecified atom stereocenters. The van der Waals surface area contributed by atoms with Gasteiger partial charge in [-0.2, -0.15) is 5.10 Å². The zero-order chi connectivity index (χ0) is 19.0. The topological polar surface area (TPSA) is 110 Å². The van der Waals surface area contributed by atoms with Gasteiger partial charge in [0.25, 0.3) is 5.56 Å². The molecular weight excluding hydrogens is 350 g/mol. The van der Waals surface area contributed by atoms with Crippen molar-refractivity contribution in [3.63, 3.8) is 0 Å². The van der Waals surface area contributed by atoms with E-state index in [0.29, 0.717) is 49.0 Å². The van der Waals surface area contributed by atoms with Crippen molar-refractivity contribution in [2.45, 2.75) is 20.4 Å². The molecule has 0 aliphatic carbocycles. The summed E-state index contributed by atoms with van der Waals surface area (Å²) in [6, 6.07) is 1.77. The third-order valence-corrected chi connectivity index (χ3v) is 4.68. The summed E-state index contributed by atoms with van der Waals surface area (Å²) in [5.74, 6) is 1.05. The highest BCUT2D eigenvalue weighted by Crippen LogP contribution is 2.16. The molecule has 4 rings (SSSR count). The van der Waals surface area contributed by atoms with Crippen LogP contribution in [0.1, 0.15) is 11.5 Å². The van der Waals surface area contributed by atoms with Gasteiger partial charge in [-0.25, -0.2) is 14.6 Å². The summed E-state index contributed by atoms with van der Waals surface area (Å²) < 4.78 is 6.25. The van der Waals surface area contributed by atoms with Gasteiger partial charge in [-0.05, 0) is 19.9 Å². The first-order valence-corrected chi connectivity index (χ1v) is 8.68. The van der Waals surface area contributed by atoms with Gasteiger partial charge in [0.1, 0.15) is 12.3 Å². The summed E-state index contributed by atoms with van der Waals surface area (Å²) in [4.78, 5) is 37.4. The maximum absolute atomic E-state index is 12.6. The lowest BCUT2D eigenvalue weighted by atomic mass is 10.2. The molecule has 10 nitrogen and oxygen atoms in total. The molecule has 1 saturated heterocycles. The molecule has 27 heavy (non-hydrogen) atoms. The predicted molar refractivity (Wildman–Crippen MR) is 96.4 cm³/mol. The Morgan fingerprint density at radius 2 is 1.85 bits per heavy atom. The van der Waals surface area contributed by atoms with E-state index in [4.69, 9.17) is 4.52 Å². The maximum Gasteiger partial charge on any atom is 0.297 e. The Balaban J connectivity index is 1.47. The van der Waals surface area contributed by atoms with Crippen LogP contribution in [0.15, 0.2) is 27.8 Å². The number of anilines is 1. The van der Waals surface area contributed by atoms with Crippen molar-refractivity contribution in [2.24, 2.45) is 0 Å². The van der Waals surface area contributed by atoms with Gasteiger partial charge >= 0.3 is 0 Å². The first-order valence-electron chi connectivity index (χ1n) is 8.68. The van der Waals surface area contributed by atoms with Crippen LogP contribution in [0, 0.1) is 13.8 Å². The summed E-state index contributed by atoms with van der Waals surface area (Å²) in [6.07, 6.45) is 3.39. The summed E-state index contributed by atoms with van der Waals surface area (Å²) in [6.45, 7) is 5.73. The lowest BCUT2D eigenvalue weighted by Crippen LogP contribution is -2.50. The minimum absolute atomic E-state index is 0.122. The van der Waals surface area contributed by atoms with Crippen molar-refractivity contribution in [1.82, 2.24) is 29.8 Å². The summed E-state index contributed by atoms with van der Waals surface area (Å²) in [7, 11) is 0. The van der Waals surface area contributed by atoms with Gasteiger partial charge in [-0.3, -0.25) is 9.59 Å². The summed E-state index contributed by atoms with van der Waals surface area (Å²) in [5, 5.41) is 8.68. The Bertz CT molecular complexity index is 1040. The molecule has 0 radical (unpaired) electrons. The van der Waals surface area contributed by atoms with E-state index in [-0.39, 0.29) is 18.0 Å². The number of aryl methyl sites for hydroxylation is 2. The maximum atomic E-state index is 12.6. The molecule has 1 aliphatic rings. The van der Waals surface area contributed by atoms with Crippen LogP contribution in [-0.2, 0) is 11.3 Å². The van der Waals surface area contributed by atoms with Crippen molar-refractivity contribution >= 4 is 22.8 Å². The second-order valence-corrected chi connectivity index (χ2v) is 6.43. The highest BCUT2D eigenvalue weighted by molar-refractivity contribution is 5.82. The van der Waals surface area contributed by atoms with Crippen molar-refractivity contribution in [2.75, 3.05) is 31.1 Å². The number of nitrogens with zero attached hydrogens (tertiary/aromatic N) is 7. The fourth-order valence-electron chi connectivity index (χ4n) is 3.29. The fraction of sp³-hybridized carbons (Fsp3) is 0.412. The molecule has 1 amide bonds. The van der Waals surface area contributed by atoms with E-state index in [1.807, 2.05) is 4.90 Å². The minimum Gasteiger partial charge on any atom is -0.360 e. The van der Waals surface area contributed by atoms with Crippen LogP contribution in [0.4, 0.5) is 5.95 Å². The average Bonchev–Trinajstić information content (AvgIpc) is 3.09. The first kappa shape index (κ1) is 17.1. The Morgan fingerprint density at radius 3 is 2.56 bits per heavy atom. The average molecular weight is 369 g/mol. The smallest absolute Gasteiger partial charge is 0.297 e.